The van der Waals surface area contributed by atoms with Crippen molar-refractivity contribution >= 4 is 28.7 Å². The van der Waals surface area contributed by atoms with E-state index in [0.29, 0.717) is 19.5 Å². The lowest BCUT2D eigenvalue weighted by molar-refractivity contribution is -0.135. The van der Waals surface area contributed by atoms with Crippen LogP contribution in [0.3, 0.4) is 0 Å². The largest absolute Gasteiger partial charge is 0.361 e. The summed E-state index contributed by atoms with van der Waals surface area (Å²) in [5.74, 6) is -0.0630. The van der Waals surface area contributed by atoms with Crippen LogP contribution in [0.25, 0.3) is 10.9 Å². The fraction of sp³-hybridized carbons (Fsp3) is 0.485. The van der Waals surface area contributed by atoms with E-state index in [9.17, 15) is 14.4 Å². The summed E-state index contributed by atoms with van der Waals surface area (Å²) in [6.45, 7) is 2.89. The Labute approximate surface area is 247 Å². The highest BCUT2D eigenvalue weighted by molar-refractivity contribution is 5.90. The molecule has 0 saturated carbocycles. The molecule has 3 heterocycles. The number of urea groups is 1. The van der Waals surface area contributed by atoms with Crippen molar-refractivity contribution in [3.05, 3.63) is 71.4 Å². The third-order valence-electron chi connectivity index (χ3n) is 9.61. The Balaban J connectivity index is 1.19. The molecule has 2 aliphatic heterocycles. The van der Waals surface area contributed by atoms with Crippen LogP contribution in [-0.2, 0) is 21.4 Å². The fourth-order valence-corrected chi connectivity index (χ4v) is 7.36. The molecule has 222 valence electrons. The number of H-pyrrole nitrogens is 1. The number of amides is 4. The minimum Gasteiger partial charge on any atom is -0.361 e. The minimum atomic E-state index is -0.686. The average Bonchev–Trinajstić information content (AvgIpc) is 3.56. The monoisotopic (exact) mass is 570 g/mol. The van der Waals surface area contributed by atoms with Crippen molar-refractivity contribution in [2.24, 2.45) is 0 Å². The lowest BCUT2D eigenvalue weighted by Crippen LogP contribution is -2.57. The Morgan fingerprint density at radius 3 is 2.60 bits per heavy atom. The molecule has 1 aromatic heterocycles. The van der Waals surface area contributed by atoms with E-state index in [4.69, 9.17) is 0 Å². The van der Waals surface area contributed by atoms with Crippen LogP contribution in [0.15, 0.2) is 54.7 Å². The van der Waals surface area contributed by atoms with Crippen LogP contribution in [-0.4, -0.2) is 85.0 Å². The predicted octanol–water partition coefficient (Wildman–Crippen LogP) is 3.27. The molecule has 3 atom stereocenters. The first-order valence-electron chi connectivity index (χ1n) is 15.3. The molecule has 2 unspecified atom stereocenters. The zero-order valence-electron chi connectivity index (χ0n) is 24.6. The highest BCUT2D eigenvalue weighted by Gasteiger charge is 2.48. The van der Waals surface area contributed by atoms with Crippen LogP contribution >= 0.6 is 0 Å². The van der Waals surface area contributed by atoms with Gasteiger partial charge in [0.1, 0.15) is 6.04 Å². The number of likely N-dealkylation sites (N-methyl/N-ethyl adjacent to an activating group) is 1. The summed E-state index contributed by atoms with van der Waals surface area (Å²) in [5, 5.41) is 10.5. The zero-order valence-corrected chi connectivity index (χ0v) is 24.6. The summed E-state index contributed by atoms with van der Waals surface area (Å²) in [4.78, 5) is 47.2. The molecule has 2 aromatic carbocycles. The van der Waals surface area contributed by atoms with Gasteiger partial charge in [-0.25, -0.2) is 4.79 Å². The smallest absolute Gasteiger partial charge is 0.315 e. The molecule has 2 saturated heterocycles. The van der Waals surface area contributed by atoms with E-state index >= 15 is 0 Å². The number of likely N-dealkylation sites (tertiary alicyclic amines) is 1. The van der Waals surface area contributed by atoms with Crippen molar-refractivity contribution in [1.82, 2.24) is 30.7 Å². The second-order valence-electron chi connectivity index (χ2n) is 12.5. The molecule has 6 rings (SSSR count). The molecule has 1 aliphatic carbocycles. The van der Waals surface area contributed by atoms with Crippen LogP contribution in [0.2, 0.25) is 0 Å². The molecule has 9 nitrogen and oxygen atoms in total. The maximum absolute atomic E-state index is 14.1. The third kappa shape index (κ3) is 5.50. The number of para-hydroxylation sites is 1. The standard InChI is InChI=1S/C33H42N6O3/c1-38(2)30(40)26-19-33(27-11-5-3-10-25(26)27)13-16-39(17-14-33)31(41)29(37-32(42)36-23-8-7-15-34-21-23)18-22-20-35-28-12-6-4-9-24(22)28/h3-6,9-12,20,23,26,29,34-35H,7-8,13-19,21H2,1-2H3,(H2,36,37,42)/t23?,26-,29?/m1/s1. The van der Waals surface area contributed by atoms with E-state index < -0.39 is 6.04 Å². The van der Waals surface area contributed by atoms with Crippen molar-refractivity contribution in [3.8, 4) is 0 Å². The number of carbonyl (C=O) groups is 3. The fourth-order valence-electron chi connectivity index (χ4n) is 7.36. The Bertz CT molecular complexity index is 1450. The molecule has 0 radical (unpaired) electrons. The first kappa shape index (κ1) is 28.3. The molecule has 4 amide bonds. The van der Waals surface area contributed by atoms with Gasteiger partial charge in [0.25, 0.3) is 0 Å². The number of piperidine rings is 2. The van der Waals surface area contributed by atoms with Gasteiger partial charge in [0.2, 0.25) is 11.8 Å². The van der Waals surface area contributed by atoms with Crippen LogP contribution in [0.5, 0.6) is 0 Å². The Hall–Kier alpha value is -3.85. The Morgan fingerprint density at radius 2 is 1.83 bits per heavy atom. The third-order valence-corrected chi connectivity index (χ3v) is 9.61. The molecule has 1 spiro atoms. The van der Waals surface area contributed by atoms with Crippen molar-refractivity contribution in [2.75, 3.05) is 40.3 Å². The van der Waals surface area contributed by atoms with Gasteiger partial charge >= 0.3 is 6.03 Å². The van der Waals surface area contributed by atoms with E-state index in [1.165, 1.54) is 5.56 Å². The van der Waals surface area contributed by atoms with E-state index in [2.05, 4.69) is 39.1 Å². The van der Waals surface area contributed by atoms with E-state index in [1.54, 1.807) is 4.90 Å². The number of carbonyl (C=O) groups excluding carboxylic acids is 3. The van der Waals surface area contributed by atoms with Crippen molar-refractivity contribution in [3.63, 3.8) is 0 Å². The van der Waals surface area contributed by atoms with Crippen molar-refractivity contribution in [1.29, 1.82) is 0 Å². The topological polar surface area (TPSA) is 110 Å². The molecule has 42 heavy (non-hydrogen) atoms. The number of benzene rings is 2. The first-order valence-corrected chi connectivity index (χ1v) is 15.3. The number of nitrogens with one attached hydrogen (secondary N) is 4. The van der Waals surface area contributed by atoms with Crippen LogP contribution in [0.4, 0.5) is 4.79 Å². The number of fused-ring (bicyclic) bond motifs is 3. The molecular weight excluding hydrogens is 528 g/mol. The number of rotatable bonds is 6. The highest BCUT2D eigenvalue weighted by atomic mass is 16.2. The summed E-state index contributed by atoms with van der Waals surface area (Å²) >= 11 is 0. The van der Waals surface area contributed by atoms with Gasteiger partial charge in [0.05, 0.1) is 5.92 Å². The molecule has 3 aromatic rings. The molecule has 2 fully saturated rings. The normalized spacial score (nSPS) is 22.0. The summed E-state index contributed by atoms with van der Waals surface area (Å²) in [6.07, 6.45) is 6.66. The Kier molecular flexibility index (Phi) is 7.94. The summed E-state index contributed by atoms with van der Waals surface area (Å²) in [5.41, 5.74) is 4.29. The second-order valence-corrected chi connectivity index (χ2v) is 12.5. The zero-order chi connectivity index (χ0) is 29.3. The maximum atomic E-state index is 14.1. The van der Waals surface area contributed by atoms with Gasteiger partial charge < -0.3 is 30.7 Å². The molecule has 9 heteroatoms. The first-order chi connectivity index (χ1) is 20.3. The number of aromatic amines is 1. The van der Waals surface area contributed by atoms with E-state index in [1.807, 2.05) is 55.5 Å². The van der Waals surface area contributed by atoms with Crippen molar-refractivity contribution in [2.45, 2.75) is 61.9 Å². The van der Waals surface area contributed by atoms with E-state index in [-0.39, 0.29) is 35.2 Å². The minimum absolute atomic E-state index is 0.0534. The molecule has 4 N–H and O–H groups in total. The number of hydrogen-bond acceptors (Lipinski definition) is 4. The molecule has 3 aliphatic rings. The van der Waals surface area contributed by atoms with Gasteiger partial charge in [-0.05, 0) is 61.4 Å². The quantitative estimate of drug-likeness (QED) is 0.365. The van der Waals surface area contributed by atoms with E-state index in [0.717, 1.165) is 67.2 Å². The summed E-state index contributed by atoms with van der Waals surface area (Å²) in [7, 11) is 3.64. The highest BCUT2D eigenvalue weighted by Crippen LogP contribution is 2.52. The van der Waals surface area contributed by atoms with Gasteiger partial charge in [-0.2, -0.15) is 0 Å². The Morgan fingerprint density at radius 1 is 1.07 bits per heavy atom. The second kappa shape index (κ2) is 11.8. The van der Waals surface area contributed by atoms with Gasteiger partial charge in [0, 0.05) is 68.7 Å². The summed E-state index contributed by atoms with van der Waals surface area (Å²) in [6, 6.07) is 15.4. The number of hydrogen-bond donors (Lipinski definition) is 4. The lowest BCUT2D eigenvalue weighted by Gasteiger charge is -2.41. The average molecular weight is 571 g/mol. The molecule has 0 bridgehead atoms. The SMILES string of the molecule is CN(C)C(=O)[C@@H]1CC2(CCN(C(=O)C(Cc3c[nH]c4ccccc34)NC(=O)NC3CCCNC3)CC2)c2ccccc21. The van der Waals surface area contributed by atoms with Gasteiger partial charge in [-0.15, -0.1) is 0 Å². The van der Waals surface area contributed by atoms with Gasteiger partial charge in [-0.1, -0.05) is 42.5 Å². The van der Waals surface area contributed by atoms with Crippen LogP contribution in [0.1, 0.15) is 54.7 Å². The van der Waals surface area contributed by atoms with Crippen LogP contribution < -0.4 is 16.0 Å². The lowest BCUT2D eigenvalue weighted by atomic mass is 9.73. The predicted molar refractivity (Wildman–Crippen MR) is 163 cm³/mol. The van der Waals surface area contributed by atoms with Gasteiger partial charge in [-0.3, -0.25) is 9.59 Å². The van der Waals surface area contributed by atoms with Gasteiger partial charge in [0.15, 0.2) is 0 Å². The maximum Gasteiger partial charge on any atom is 0.315 e. The summed E-state index contributed by atoms with van der Waals surface area (Å²) < 4.78 is 0. The number of aromatic nitrogens is 1. The number of nitrogens with zero attached hydrogens (tertiary/aromatic N) is 2. The van der Waals surface area contributed by atoms with Crippen LogP contribution in [0, 0.1) is 0 Å². The molecular formula is C33H42N6O3. The van der Waals surface area contributed by atoms with Crippen molar-refractivity contribution < 1.29 is 14.4 Å².